The fourth-order valence-corrected chi connectivity index (χ4v) is 3.52. The van der Waals surface area contributed by atoms with E-state index in [1.165, 1.54) is 30.4 Å². The molecule has 0 spiro atoms. The Morgan fingerprint density at radius 2 is 2.00 bits per heavy atom. The molecule has 0 saturated heterocycles. The molecule has 1 aromatic heterocycles. The van der Waals surface area contributed by atoms with Crippen molar-refractivity contribution in [1.29, 1.82) is 0 Å². The number of ether oxygens (including phenoxy) is 1. The minimum absolute atomic E-state index is 0.296. The Kier molecular flexibility index (Phi) is 6.11. The molecule has 5 nitrogen and oxygen atoms in total. The van der Waals surface area contributed by atoms with Gasteiger partial charge in [0.1, 0.15) is 5.01 Å². The highest BCUT2D eigenvalue weighted by atomic mass is 35.5. The van der Waals surface area contributed by atoms with E-state index in [9.17, 15) is 9.59 Å². The first-order valence-corrected chi connectivity index (χ1v) is 9.50. The normalized spacial score (nSPS) is 12.3. The lowest BCUT2D eigenvalue weighted by Gasteiger charge is -2.13. The molecule has 0 bridgehead atoms. The molecule has 1 atom stereocenters. The summed E-state index contributed by atoms with van der Waals surface area (Å²) in [5.41, 5.74) is 1.25. The van der Waals surface area contributed by atoms with Crippen LogP contribution in [0.25, 0.3) is 16.3 Å². The maximum atomic E-state index is 12.2. The highest BCUT2D eigenvalue weighted by Crippen LogP contribution is 2.25. The molecule has 0 aliphatic heterocycles. The van der Waals surface area contributed by atoms with Crippen molar-refractivity contribution in [2.24, 2.45) is 0 Å². The predicted molar refractivity (Wildman–Crippen MR) is 109 cm³/mol. The summed E-state index contributed by atoms with van der Waals surface area (Å²) in [4.78, 5) is 28.5. The van der Waals surface area contributed by atoms with E-state index >= 15 is 0 Å². The number of nitrogens with zero attached hydrogens (tertiary/aromatic N) is 1. The number of para-hydroxylation sites is 1. The minimum Gasteiger partial charge on any atom is -0.449 e. The number of halogens is 2. The van der Waals surface area contributed by atoms with Gasteiger partial charge in [0.2, 0.25) is 0 Å². The van der Waals surface area contributed by atoms with Crippen LogP contribution in [0.2, 0.25) is 10.0 Å². The zero-order chi connectivity index (χ0) is 19.4. The van der Waals surface area contributed by atoms with Crippen LogP contribution in [0, 0.1) is 0 Å². The summed E-state index contributed by atoms with van der Waals surface area (Å²) in [6.45, 7) is 1.47. The van der Waals surface area contributed by atoms with Gasteiger partial charge in [-0.1, -0.05) is 35.3 Å². The topological polar surface area (TPSA) is 68.3 Å². The van der Waals surface area contributed by atoms with Crippen molar-refractivity contribution in [3.63, 3.8) is 0 Å². The Balaban J connectivity index is 1.58. The van der Waals surface area contributed by atoms with Gasteiger partial charge >= 0.3 is 5.97 Å². The standard InChI is InChI=1S/C19H14Cl2N2O3S/c1-11(19(25)23-14-7-6-12(20)10-13(14)21)26-18(24)9-8-17-22-15-4-2-3-5-16(15)27-17/h2-11H,1H3,(H,23,25)/b9-8+. The van der Waals surface area contributed by atoms with Gasteiger partial charge in [-0.3, -0.25) is 4.79 Å². The van der Waals surface area contributed by atoms with Crippen molar-refractivity contribution in [2.75, 3.05) is 5.32 Å². The number of anilines is 1. The van der Waals surface area contributed by atoms with E-state index in [0.717, 1.165) is 10.2 Å². The predicted octanol–water partition coefficient (Wildman–Crippen LogP) is 5.19. The zero-order valence-electron chi connectivity index (χ0n) is 14.1. The Morgan fingerprint density at radius 1 is 1.22 bits per heavy atom. The molecule has 1 amide bonds. The number of thiazole rings is 1. The number of hydrogen-bond donors (Lipinski definition) is 1. The molecule has 0 aliphatic carbocycles. The van der Waals surface area contributed by atoms with Gasteiger partial charge in [0.05, 0.1) is 20.9 Å². The smallest absolute Gasteiger partial charge is 0.331 e. The number of carbonyl (C=O) groups is 2. The summed E-state index contributed by atoms with van der Waals surface area (Å²) < 4.78 is 6.14. The van der Waals surface area contributed by atoms with E-state index in [1.807, 2.05) is 24.3 Å². The first kappa shape index (κ1) is 19.4. The number of nitrogens with one attached hydrogen (secondary N) is 1. The largest absolute Gasteiger partial charge is 0.449 e. The van der Waals surface area contributed by atoms with E-state index in [4.69, 9.17) is 27.9 Å². The van der Waals surface area contributed by atoms with Crippen molar-refractivity contribution in [3.8, 4) is 0 Å². The lowest BCUT2D eigenvalue weighted by atomic mass is 10.3. The third-order valence-electron chi connectivity index (χ3n) is 3.52. The Labute approximate surface area is 169 Å². The van der Waals surface area contributed by atoms with Gasteiger partial charge in [-0.15, -0.1) is 11.3 Å². The average molecular weight is 421 g/mol. The third kappa shape index (κ3) is 5.07. The van der Waals surface area contributed by atoms with Gasteiger partial charge in [0, 0.05) is 11.1 Å². The molecular weight excluding hydrogens is 407 g/mol. The van der Waals surface area contributed by atoms with Gasteiger partial charge in [-0.05, 0) is 43.3 Å². The van der Waals surface area contributed by atoms with Crippen LogP contribution in [0.3, 0.4) is 0 Å². The summed E-state index contributed by atoms with van der Waals surface area (Å²) in [7, 11) is 0. The molecule has 27 heavy (non-hydrogen) atoms. The number of esters is 1. The van der Waals surface area contributed by atoms with Crippen molar-refractivity contribution < 1.29 is 14.3 Å². The summed E-state index contributed by atoms with van der Waals surface area (Å²) in [5.74, 6) is -1.14. The van der Waals surface area contributed by atoms with Gasteiger partial charge in [0.25, 0.3) is 5.91 Å². The van der Waals surface area contributed by atoms with Crippen LogP contribution in [0.4, 0.5) is 5.69 Å². The molecule has 1 unspecified atom stereocenters. The molecule has 0 fully saturated rings. The summed E-state index contributed by atoms with van der Waals surface area (Å²) in [6, 6.07) is 12.4. The lowest BCUT2D eigenvalue weighted by molar-refractivity contribution is -0.148. The molecule has 138 valence electrons. The van der Waals surface area contributed by atoms with E-state index in [0.29, 0.717) is 20.7 Å². The van der Waals surface area contributed by atoms with Crippen molar-refractivity contribution >= 4 is 68.4 Å². The average Bonchev–Trinajstić information content (AvgIpc) is 3.05. The fraction of sp³-hybridized carbons (Fsp3) is 0.105. The van der Waals surface area contributed by atoms with E-state index < -0.39 is 18.0 Å². The van der Waals surface area contributed by atoms with E-state index in [-0.39, 0.29) is 0 Å². The van der Waals surface area contributed by atoms with Crippen LogP contribution < -0.4 is 5.32 Å². The van der Waals surface area contributed by atoms with Crippen LogP contribution in [0.1, 0.15) is 11.9 Å². The second-order valence-corrected chi connectivity index (χ2v) is 7.45. The highest BCUT2D eigenvalue weighted by Gasteiger charge is 2.18. The molecule has 2 aromatic carbocycles. The minimum atomic E-state index is -0.996. The van der Waals surface area contributed by atoms with Crippen LogP contribution >= 0.6 is 34.5 Å². The van der Waals surface area contributed by atoms with Crippen molar-refractivity contribution in [3.05, 3.63) is 63.6 Å². The molecule has 0 radical (unpaired) electrons. The number of benzene rings is 2. The van der Waals surface area contributed by atoms with Gasteiger partial charge in [-0.2, -0.15) is 0 Å². The number of amides is 1. The monoisotopic (exact) mass is 420 g/mol. The second-order valence-electron chi connectivity index (χ2n) is 5.55. The summed E-state index contributed by atoms with van der Waals surface area (Å²) >= 11 is 13.3. The maximum absolute atomic E-state index is 12.2. The Bertz CT molecular complexity index is 1000. The Morgan fingerprint density at radius 3 is 2.74 bits per heavy atom. The number of carbonyl (C=O) groups excluding carboxylic acids is 2. The molecule has 3 aromatic rings. The van der Waals surface area contributed by atoms with Crippen LogP contribution in [-0.2, 0) is 14.3 Å². The van der Waals surface area contributed by atoms with Gasteiger partial charge < -0.3 is 10.1 Å². The van der Waals surface area contributed by atoms with E-state index in [1.54, 1.807) is 18.2 Å². The fourth-order valence-electron chi connectivity index (χ4n) is 2.19. The third-order valence-corrected chi connectivity index (χ3v) is 5.07. The molecular formula is C19H14Cl2N2O3S. The van der Waals surface area contributed by atoms with Crippen LogP contribution in [0.5, 0.6) is 0 Å². The van der Waals surface area contributed by atoms with Crippen LogP contribution in [-0.4, -0.2) is 23.0 Å². The summed E-state index contributed by atoms with van der Waals surface area (Å²) in [6.07, 6.45) is 1.81. The summed E-state index contributed by atoms with van der Waals surface area (Å²) in [5, 5.41) is 4.02. The second kappa shape index (κ2) is 8.52. The maximum Gasteiger partial charge on any atom is 0.331 e. The first-order chi connectivity index (χ1) is 12.9. The zero-order valence-corrected chi connectivity index (χ0v) is 16.4. The highest BCUT2D eigenvalue weighted by molar-refractivity contribution is 7.19. The molecule has 1 heterocycles. The van der Waals surface area contributed by atoms with Crippen molar-refractivity contribution in [1.82, 2.24) is 4.98 Å². The molecule has 0 aliphatic rings. The molecule has 3 rings (SSSR count). The molecule has 0 saturated carbocycles. The molecule has 8 heteroatoms. The SMILES string of the molecule is CC(OC(=O)/C=C/c1nc2ccccc2s1)C(=O)Nc1ccc(Cl)cc1Cl. The quantitative estimate of drug-likeness (QED) is 0.455. The number of rotatable bonds is 5. The first-order valence-electron chi connectivity index (χ1n) is 7.92. The van der Waals surface area contributed by atoms with Crippen LogP contribution in [0.15, 0.2) is 48.5 Å². The number of fused-ring (bicyclic) bond motifs is 1. The lowest BCUT2D eigenvalue weighted by Crippen LogP contribution is -2.29. The molecule has 1 N–H and O–H groups in total. The number of aromatic nitrogens is 1. The van der Waals surface area contributed by atoms with Gasteiger partial charge in [-0.25, -0.2) is 9.78 Å². The van der Waals surface area contributed by atoms with Gasteiger partial charge in [0.15, 0.2) is 6.10 Å². The van der Waals surface area contributed by atoms with E-state index in [2.05, 4.69) is 10.3 Å². The number of hydrogen-bond acceptors (Lipinski definition) is 5. The van der Waals surface area contributed by atoms with Crippen molar-refractivity contribution in [2.45, 2.75) is 13.0 Å². The Hall–Kier alpha value is -2.41.